The molecular formula is C51H45N5O6S2. The Morgan fingerprint density at radius 2 is 1.55 bits per heavy atom. The number of ether oxygens (including phenoxy) is 2. The molecule has 2 N–H and O–H groups in total. The van der Waals surface area contributed by atoms with Gasteiger partial charge in [0.1, 0.15) is 35.5 Å². The fourth-order valence-corrected chi connectivity index (χ4v) is 9.70. The lowest BCUT2D eigenvalue weighted by Crippen LogP contribution is -2.25. The molecule has 1 unspecified atom stereocenters. The van der Waals surface area contributed by atoms with Crippen molar-refractivity contribution in [3.63, 3.8) is 0 Å². The van der Waals surface area contributed by atoms with Crippen LogP contribution in [-0.4, -0.2) is 46.6 Å². The molecule has 1 aliphatic rings. The SMILES string of the molecule is CCCc1nc2c(C)cc(CSc3ccc(Oc4ccc5nc(COc6ccc(CC7SC(=O)NC7=O)cc6)n(C)c5c4)cc3)cc2n1Cc1ccc(-c2ccccc2C(=O)O)cc1. The Morgan fingerprint density at radius 3 is 2.28 bits per heavy atom. The van der Waals surface area contributed by atoms with E-state index >= 15 is 0 Å². The highest BCUT2D eigenvalue weighted by Gasteiger charge is 2.31. The summed E-state index contributed by atoms with van der Waals surface area (Å²) in [5.74, 6) is 3.57. The number of benzene rings is 6. The van der Waals surface area contributed by atoms with Gasteiger partial charge in [-0.25, -0.2) is 14.8 Å². The number of aryl methyl sites for hydroxylation is 3. The van der Waals surface area contributed by atoms with Gasteiger partial charge in [-0.15, -0.1) is 11.8 Å². The van der Waals surface area contributed by atoms with E-state index in [1.165, 1.54) is 5.56 Å². The number of carboxylic acids is 1. The molecule has 322 valence electrons. The number of carbonyl (C=O) groups excluding carboxylic acids is 2. The second-order valence-corrected chi connectivity index (χ2v) is 18.0. The Balaban J connectivity index is 0.829. The number of amides is 2. The monoisotopic (exact) mass is 887 g/mol. The van der Waals surface area contributed by atoms with Gasteiger partial charge in [-0.3, -0.25) is 14.9 Å². The molecule has 1 saturated heterocycles. The minimum atomic E-state index is -0.935. The Bertz CT molecular complexity index is 3030. The first kappa shape index (κ1) is 42.5. The van der Waals surface area contributed by atoms with Crippen LogP contribution < -0.4 is 14.8 Å². The number of aromatic nitrogens is 4. The van der Waals surface area contributed by atoms with E-state index in [0.717, 1.165) is 97.0 Å². The summed E-state index contributed by atoms with van der Waals surface area (Å²) in [6, 6.07) is 41.4. The van der Waals surface area contributed by atoms with Gasteiger partial charge in [0.25, 0.3) is 5.24 Å². The molecule has 6 aromatic carbocycles. The molecule has 0 aliphatic carbocycles. The van der Waals surface area contributed by atoms with Crippen LogP contribution in [0.5, 0.6) is 17.2 Å². The van der Waals surface area contributed by atoms with E-state index in [9.17, 15) is 19.5 Å². The van der Waals surface area contributed by atoms with Crippen LogP contribution in [0.1, 0.15) is 57.6 Å². The highest BCUT2D eigenvalue weighted by Crippen LogP contribution is 2.33. The van der Waals surface area contributed by atoms with Crippen LogP contribution in [-0.2, 0) is 43.6 Å². The molecule has 11 nitrogen and oxygen atoms in total. The van der Waals surface area contributed by atoms with Crippen molar-refractivity contribution in [2.45, 2.75) is 62.2 Å². The Labute approximate surface area is 378 Å². The number of aromatic carboxylic acids is 1. The largest absolute Gasteiger partial charge is 0.486 e. The molecule has 0 spiro atoms. The van der Waals surface area contributed by atoms with Crippen molar-refractivity contribution in [3.05, 3.63) is 167 Å². The summed E-state index contributed by atoms with van der Waals surface area (Å²) in [5, 5.41) is 11.3. The molecule has 1 aliphatic heterocycles. The third-order valence-corrected chi connectivity index (χ3v) is 13.4. The van der Waals surface area contributed by atoms with Crippen molar-refractivity contribution in [2.24, 2.45) is 7.05 Å². The minimum absolute atomic E-state index is 0.246. The number of carbonyl (C=O) groups is 3. The highest BCUT2D eigenvalue weighted by molar-refractivity contribution is 8.15. The van der Waals surface area contributed by atoms with Gasteiger partial charge in [-0.2, -0.15) is 0 Å². The normalized spacial score (nSPS) is 13.8. The summed E-state index contributed by atoms with van der Waals surface area (Å²) in [6.07, 6.45) is 2.33. The van der Waals surface area contributed by atoms with Crippen LogP contribution in [0.4, 0.5) is 4.79 Å². The van der Waals surface area contributed by atoms with Crippen LogP contribution in [0.25, 0.3) is 33.2 Å². The van der Waals surface area contributed by atoms with Gasteiger partial charge < -0.3 is 23.7 Å². The number of hydrogen-bond acceptors (Lipinski definition) is 9. The van der Waals surface area contributed by atoms with Gasteiger partial charge in [-0.05, 0) is 114 Å². The number of carboxylic acid groups (broad SMARTS) is 1. The number of nitrogens with one attached hydrogen (secondary N) is 1. The van der Waals surface area contributed by atoms with Gasteiger partial charge in [-0.1, -0.05) is 79.3 Å². The van der Waals surface area contributed by atoms with Gasteiger partial charge in [0, 0.05) is 36.7 Å². The summed E-state index contributed by atoms with van der Waals surface area (Å²) in [6.45, 7) is 5.25. The highest BCUT2D eigenvalue weighted by atomic mass is 32.2. The Hall–Kier alpha value is -6.83. The molecule has 0 bridgehead atoms. The molecule has 1 atom stereocenters. The summed E-state index contributed by atoms with van der Waals surface area (Å²) in [7, 11) is 1.96. The average molecular weight is 888 g/mol. The lowest BCUT2D eigenvalue weighted by Gasteiger charge is -2.12. The third kappa shape index (κ3) is 9.27. The first-order valence-electron chi connectivity index (χ1n) is 21.1. The number of nitrogens with zero attached hydrogens (tertiary/aromatic N) is 4. The van der Waals surface area contributed by atoms with Gasteiger partial charge in [0.15, 0.2) is 0 Å². The van der Waals surface area contributed by atoms with E-state index in [2.05, 4.69) is 60.1 Å². The van der Waals surface area contributed by atoms with Crippen molar-refractivity contribution in [1.82, 2.24) is 24.4 Å². The van der Waals surface area contributed by atoms with E-state index in [4.69, 9.17) is 19.4 Å². The second kappa shape index (κ2) is 18.5. The smallest absolute Gasteiger partial charge is 0.336 e. The predicted octanol–water partition coefficient (Wildman–Crippen LogP) is 11.2. The first-order valence-corrected chi connectivity index (χ1v) is 22.9. The summed E-state index contributed by atoms with van der Waals surface area (Å²) in [4.78, 5) is 46.3. The van der Waals surface area contributed by atoms with Gasteiger partial charge in [0.05, 0.1) is 32.9 Å². The van der Waals surface area contributed by atoms with Crippen molar-refractivity contribution in [1.29, 1.82) is 0 Å². The maximum Gasteiger partial charge on any atom is 0.336 e. The summed E-state index contributed by atoms with van der Waals surface area (Å²) in [5.41, 5.74) is 10.2. The zero-order valence-corrected chi connectivity index (χ0v) is 37.2. The molecule has 9 rings (SSSR count). The van der Waals surface area contributed by atoms with Crippen LogP contribution in [0.2, 0.25) is 0 Å². The molecule has 2 amide bonds. The van der Waals surface area contributed by atoms with E-state index in [-0.39, 0.29) is 17.8 Å². The lowest BCUT2D eigenvalue weighted by molar-refractivity contribution is -0.118. The molecule has 1 fully saturated rings. The minimum Gasteiger partial charge on any atom is -0.486 e. The molecule has 64 heavy (non-hydrogen) atoms. The Morgan fingerprint density at radius 1 is 0.812 bits per heavy atom. The fraction of sp³-hybridized carbons (Fsp3) is 0.196. The Kier molecular flexibility index (Phi) is 12.3. The summed E-state index contributed by atoms with van der Waals surface area (Å²) < 4.78 is 16.7. The van der Waals surface area contributed by atoms with Crippen molar-refractivity contribution < 1.29 is 29.0 Å². The fourth-order valence-electron chi connectivity index (χ4n) is 8.01. The van der Waals surface area contributed by atoms with E-state index < -0.39 is 11.2 Å². The molecular weight excluding hydrogens is 843 g/mol. The van der Waals surface area contributed by atoms with E-state index in [0.29, 0.717) is 35.6 Å². The number of imidazole rings is 2. The first-order chi connectivity index (χ1) is 31.1. The molecule has 2 aromatic heterocycles. The van der Waals surface area contributed by atoms with Crippen molar-refractivity contribution in [3.8, 4) is 28.4 Å². The standard InChI is InChI=1S/C51H45N5O6S2/c1-4-7-46-53-48-31(2)24-34(25-44(48)56(46)28-33-10-14-35(15-11-33)40-8-5-6-9-41(40)50(58)59)30-63-39-21-18-37(19-22-39)62-38-20-23-42-43(27-38)55(3)47(52-42)29-61-36-16-12-32(13-17-36)26-45-49(57)54-51(60)64-45/h5-6,8-25,27,45H,4,7,26,28-30H2,1-3H3,(H,58,59)(H,54,57,60). The number of imide groups is 1. The van der Waals surface area contributed by atoms with Crippen molar-refractivity contribution in [2.75, 3.05) is 0 Å². The van der Waals surface area contributed by atoms with Crippen molar-refractivity contribution >= 4 is 62.7 Å². The molecule has 0 saturated carbocycles. The van der Waals surface area contributed by atoms with E-state index in [1.807, 2.05) is 90.5 Å². The third-order valence-electron chi connectivity index (χ3n) is 11.3. The number of hydrogen-bond donors (Lipinski definition) is 2. The average Bonchev–Trinajstić information content (AvgIpc) is 3.93. The van der Waals surface area contributed by atoms with Crippen LogP contribution in [0.3, 0.4) is 0 Å². The molecule has 3 heterocycles. The maximum atomic E-state index is 11.9. The summed E-state index contributed by atoms with van der Waals surface area (Å²) >= 11 is 2.80. The molecule has 13 heteroatoms. The van der Waals surface area contributed by atoms with E-state index in [1.54, 1.807) is 23.9 Å². The topological polar surface area (TPSA) is 138 Å². The number of fused-ring (bicyclic) bond motifs is 2. The zero-order chi connectivity index (χ0) is 44.3. The quantitative estimate of drug-likeness (QED) is 0.0902. The van der Waals surface area contributed by atoms with Crippen LogP contribution in [0.15, 0.2) is 132 Å². The number of thioether (sulfide) groups is 2. The van der Waals surface area contributed by atoms with Crippen LogP contribution >= 0.6 is 23.5 Å². The van der Waals surface area contributed by atoms with Gasteiger partial charge in [0.2, 0.25) is 5.91 Å². The second-order valence-electron chi connectivity index (χ2n) is 15.8. The number of rotatable bonds is 16. The van der Waals surface area contributed by atoms with Gasteiger partial charge >= 0.3 is 5.97 Å². The lowest BCUT2D eigenvalue weighted by atomic mass is 9.98. The van der Waals surface area contributed by atoms with Crippen LogP contribution in [0, 0.1) is 6.92 Å². The zero-order valence-electron chi connectivity index (χ0n) is 35.5. The molecule has 0 radical (unpaired) electrons. The maximum absolute atomic E-state index is 11.9. The predicted molar refractivity (Wildman–Crippen MR) is 253 cm³/mol. The molecule has 8 aromatic rings.